The molecular formula is C26H32N10O2S. The fourth-order valence-corrected chi connectivity index (χ4v) is 5.02. The third-order valence-corrected chi connectivity index (χ3v) is 7.27. The molecule has 12 nitrogen and oxygen atoms in total. The van der Waals surface area contributed by atoms with Crippen LogP contribution in [0.2, 0.25) is 0 Å². The number of hydrogen-bond donors (Lipinski definition) is 3. The van der Waals surface area contributed by atoms with Crippen molar-refractivity contribution < 1.29 is 9.32 Å². The van der Waals surface area contributed by atoms with E-state index in [1.165, 1.54) is 17.7 Å². The molecule has 1 amide bonds. The molecule has 39 heavy (non-hydrogen) atoms. The van der Waals surface area contributed by atoms with Crippen molar-refractivity contribution in [3.63, 3.8) is 0 Å². The fourth-order valence-electron chi connectivity index (χ4n) is 4.22. The Bertz CT molecular complexity index is 1450. The van der Waals surface area contributed by atoms with Gasteiger partial charge in [0.2, 0.25) is 10.3 Å². The lowest BCUT2D eigenvalue weighted by molar-refractivity contribution is 0.0895. The lowest BCUT2D eigenvalue weighted by Gasteiger charge is -2.26. The molecule has 4 heterocycles. The van der Waals surface area contributed by atoms with Crippen molar-refractivity contribution in [2.24, 2.45) is 0 Å². The first-order chi connectivity index (χ1) is 18.7. The molecule has 5 rings (SSSR count). The van der Waals surface area contributed by atoms with E-state index in [0.29, 0.717) is 16.8 Å². The average molecular weight is 549 g/mol. The molecule has 3 aromatic heterocycles. The van der Waals surface area contributed by atoms with Crippen molar-refractivity contribution >= 4 is 33.3 Å². The molecule has 1 aliphatic heterocycles. The Labute approximate surface area is 230 Å². The molecule has 13 heteroatoms. The van der Waals surface area contributed by atoms with E-state index in [-0.39, 0.29) is 17.3 Å². The number of nitrogens with one attached hydrogen (secondary N) is 3. The quantitative estimate of drug-likeness (QED) is 0.311. The van der Waals surface area contributed by atoms with E-state index >= 15 is 0 Å². The topological polar surface area (TPSA) is 147 Å². The number of aryl methyl sites for hydroxylation is 1. The highest BCUT2D eigenvalue weighted by molar-refractivity contribution is 7.19. The Balaban J connectivity index is 1.26. The summed E-state index contributed by atoms with van der Waals surface area (Å²) in [7, 11) is 0. The summed E-state index contributed by atoms with van der Waals surface area (Å²) in [4.78, 5) is 28.0. The van der Waals surface area contributed by atoms with Crippen molar-refractivity contribution in [2.45, 2.75) is 46.1 Å². The van der Waals surface area contributed by atoms with Crippen LogP contribution in [0.5, 0.6) is 0 Å². The summed E-state index contributed by atoms with van der Waals surface area (Å²) in [6, 6.07) is 7.63. The number of aromatic nitrogens is 6. The summed E-state index contributed by atoms with van der Waals surface area (Å²) >= 11 is 1.50. The largest absolute Gasteiger partial charge is 0.344 e. The van der Waals surface area contributed by atoms with E-state index in [2.05, 4.69) is 51.2 Å². The van der Waals surface area contributed by atoms with Gasteiger partial charge in [0.15, 0.2) is 5.82 Å². The number of carbonyl (C=O) groups is 1. The minimum atomic E-state index is -0.405. The highest BCUT2D eigenvalue weighted by Crippen LogP contribution is 2.29. The summed E-state index contributed by atoms with van der Waals surface area (Å²) in [6.45, 7) is 13.5. The van der Waals surface area contributed by atoms with Gasteiger partial charge in [0.1, 0.15) is 12.1 Å². The second-order valence-corrected chi connectivity index (χ2v) is 11.4. The van der Waals surface area contributed by atoms with Crippen LogP contribution in [0.25, 0.3) is 11.3 Å². The first kappa shape index (κ1) is 26.6. The van der Waals surface area contributed by atoms with Gasteiger partial charge in [-0.25, -0.2) is 9.97 Å². The van der Waals surface area contributed by atoms with Gasteiger partial charge in [0.05, 0.1) is 11.7 Å². The lowest BCUT2D eigenvalue weighted by atomic mass is 9.96. The number of piperazine rings is 1. The van der Waals surface area contributed by atoms with Gasteiger partial charge < -0.3 is 25.4 Å². The predicted octanol–water partition coefficient (Wildman–Crippen LogP) is 3.63. The van der Waals surface area contributed by atoms with E-state index in [4.69, 9.17) is 4.52 Å². The standard InChI is InChI=1S/C26H32N10O2S/c1-15-12-17(6-7-18(15)16(2)30-21(37)22-32-23(35-38-22)26(3,4)5)19-13-20(29-14-28-19)31-24-33-34-25(39-24)36-10-8-27-9-11-36/h6-7,12-14,16,27H,8-11H2,1-5H3,(H,30,37)(H,28,29,31,33)/t16-/m1/s1. The molecule has 0 spiro atoms. The highest BCUT2D eigenvalue weighted by atomic mass is 32.1. The van der Waals surface area contributed by atoms with Crippen molar-refractivity contribution in [3.05, 3.63) is 53.4 Å². The first-order valence-electron chi connectivity index (χ1n) is 12.8. The van der Waals surface area contributed by atoms with Gasteiger partial charge in [-0.3, -0.25) is 4.79 Å². The van der Waals surface area contributed by atoms with Gasteiger partial charge in [0.25, 0.3) is 0 Å². The normalized spacial score (nSPS) is 14.7. The molecule has 0 saturated carbocycles. The summed E-state index contributed by atoms with van der Waals surface area (Å²) in [5.74, 6) is 0.681. The van der Waals surface area contributed by atoms with Crippen LogP contribution in [0.3, 0.4) is 0 Å². The zero-order valence-corrected chi connectivity index (χ0v) is 23.5. The Hall–Kier alpha value is -3.97. The van der Waals surface area contributed by atoms with Gasteiger partial charge in [-0.2, -0.15) is 4.98 Å². The number of amides is 1. The number of hydrogen-bond acceptors (Lipinski definition) is 12. The second-order valence-electron chi connectivity index (χ2n) is 10.5. The molecule has 1 aromatic carbocycles. The number of carbonyl (C=O) groups excluding carboxylic acids is 1. The predicted molar refractivity (Wildman–Crippen MR) is 149 cm³/mol. The Morgan fingerprint density at radius 3 is 2.67 bits per heavy atom. The molecule has 1 atom stereocenters. The number of nitrogens with zero attached hydrogens (tertiary/aromatic N) is 7. The second kappa shape index (κ2) is 11.0. The third kappa shape index (κ3) is 6.20. The average Bonchev–Trinajstić information content (AvgIpc) is 3.60. The van der Waals surface area contributed by atoms with Crippen molar-refractivity contribution in [1.29, 1.82) is 0 Å². The SMILES string of the molecule is Cc1cc(-c2cc(Nc3nnc(N4CCNCC4)s3)ncn2)ccc1[C@@H](C)NC(=O)c1nc(C(C)(C)C)no1. The van der Waals surface area contributed by atoms with Crippen LogP contribution < -0.4 is 20.9 Å². The Morgan fingerprint density at radius 2 is 1.95 bits per heavy atom. The molecule has 0 aliphatic carbocycles. The zero-order valence-electron chi connectivity index (χ0n) is 22.6. The fraction of sp³-hybridized carbons (Fsp3) is 0.423. The number of rotatable bonds is 7. The number of anilines is 3. The van der Waals surface area contributed by atoms with Crippen molar-refractivity contribution in [1.82, 2.24) is 40.9 Å². The third-order valence-electron chi connectivity index (χ3n) is 6.37. The summed E-state index contributed by atoms with van der Waals surface area (Å²) in [5, 5.41) is 23.7. The van der Waals surface area contributed by atoms with Gasteiger partial charge in [-0.05, 0) is 31.0 Å². The van der Waals surface area contributed by atoms with E-state index in [1.807, 2.05) is 58.9 Å². The summed E-state index contributed by atoms with van der Waals surface area (Å²) in [5.41, 5.74) is 3.39. The zero-order chi connectivity index (χ0) is 27.6. The maximum atomic E-state index is 12.7. The van der Waals surface area contributed by atoms with Crippen LogP contribution in [-0.2, 0) is 5.41 Å². The van der Waals surface area contributed by atoms with E-state index in [1.54, 1.807) is 0 Å². The molecule has 1 saturated heterocycles. The first-order valence-corrected chi connectivity index (χ1v) is 13.6. The van der Waals surface area contributed by atoms with Crippen LogP contribution in [0.15, 0.2) is 35.1 Å². The molecule has 4 aromatic rings. The maximum absolute atomic E-state index is 12.7. The Morgan fingerprint density at radius 1 is 1.15 bits per heavy atom. The van der Waals surface area contributed by atoms with Crippen LogP contribution in [-0.4, -0.2) is 62.4 Å². The minimum Gasteiger partial charge on any atom is -0.344 e. The smallest absolute Gasteiger partial charge is 0.315 e. The molecule has 1 fully saturated rings. The van der Waals surface area contributed by atoms with Crippen LogP contribution in [0, 0.1) is 6.92 Å². The molecule has 0 radical (unpaired) electrons. The van der Waals surface area contributed by atoms with Crippen molar-refractivity contribution in [3.8, 4) is 11.3 Å². The van der Waals surface area contributed by atoms with Gasteiger partial charge >= 0.3 is 11.8 Å². The minimum absolute atomic E-state index is 0.0439. The monoisotopic (exact) mass is 548 g/mol. The van der Waals surface area contributed by atoms with Crippen molar-refractivity contribution in [2.75, 3.05) is 36.4 Å². The molecular weight excluding hydrogens is 516 g/mol. The van der Waals surface area contributed by atoms with E-state index in [9.17, 15) is 4.79 Å². The van der Waals surface area contributed by atoms with Gasteiger partial charge in [-0.1, -0.05) is 49.4 Å². The van der Waals surface area contributed by atoms with Crippen LogP contribution in [0.1, 0.15) is 61.4 Å². The Kier molecular flexibility index (Phi) is 7.53. The van der Waals surface area contributed by atoms with Gasteiger partial charge in [-0.15, -0.1) is 10.2 Å². The van der Waals surface area contributed by atoms with E-state index < -0.39 is 5.91 Å². The summed E-state index contributed by atoms with van der Waals surface area (Å²) in [6.07, 6.45) is 1.53. The van der Waals surface area contributed by atoms with E-state index in [0.717, 1.165) is 53.7 Å². The molecule has 0 unspecified atom stereocenters. The molecule has 204 valence electrons. The lowest BCUT2D eigenvalue weighted by Crippen LogP contribution is -2.43. The molecule has 0 bridgehead atoms. The van der Waals surface area contributed by atoms with Crippen LogP contribution in [0.4, 0.5) is 16.1 Å². The highest BCUT2D eigenvalue weighted by Gasteiger charge is 2.25. The summed E-state index contributed by atoms with van der Waals surface area (Å²) < 4.78 is 5.18. The maximum Gasteiger partial charge on any atom is 0.315 e. The molecule has 3 N–H and O–H groups in total. The van der Waals surface area contributed by atoms with Crippen LogP contribution >= 0.6 is 11.3 Å². The number of benzene rings is 1. The van der Waals surface area contributed by atoms with Gasteiger partial charge in [0, 0.05) is 43.2 Å². The molecule has 1 aliphatic rings.